The SMILES string of the molecule is CC(=O)N1CCC(c2cc(-c3ccnn3C(C)C)nc(C)n2)CC1. The van der Waals surface area contributed by atoms with Gasteiger partial charge < -0.3 is 4.90 Å². The Morgan fingerprint density at radius 2 is 1.96 bits per heavy atom. The first-order valence-corrected chi connectivity index (χ1v) is 8.60. The second kappa shape index (κ2) is 6.71. The van der Waals surface area contributed by atoms with Crippen LogP contribution in [0.5, 0.6) is 0 Å². The van der Waals surface area contributed by atoms with Crippen molar-refractivity contribution >= 4 is 5.91 Å². The number of carbonyl (C=O) groups excluding carboxylic acids is 1. The Morgan fingerprint density at radius 1 is 1.25 bits per heavy atom. The van der Waals surface area contributed by atoms with Gasteiger partial charge in [0.25, 0.3) is 0 Å². The van der Waals surface area contributed by atoms with Crippen LogP contribution in [0.2, 0.25) is 0 Å². The molecule has 1 aliphatic heterocycles. The molecule has 1 saturated heterocycles. The molecule has 1 fully saturated rings. The zero-order chi connectivity index (χ0) is 17.3. The number of carbonyl (C=O) groups is 1. The minimum atomic E-state index is 0.161. The normalized spacial score (nSPS) is 16.0. The zero-order valence-corrected chi connectivity index (χ0v) is 14.9. The summed E-state index contributed by atoms with van der Waals surface area (Å²) in [5.41, 5.74) is 3.04. The highest BCUT2D eigenvalue weighted by atomic mass is 16.2. The molecule has 6 heteroatoms. The number of aromatic nitrogens is 4. The summed E-state index contributed by atoms with van der Waals surface area (Å²) in [7, 11) is 0. The van der Waals surface area contributed by atoms with Gasteiger partial charge in [0.15, 0.2) is 0 Å². The molecule has 0 aromatic carbocycles. The highest BCUT2D eigenvalue weighted by Crippen LogP contribution is 2.29. The molecule has 0 aliphatic carbocycles. The van der Waals surface area contributed by atoms with E-state index in [0.29, 0.717) is 5.92 Å². The van der Waals surface area contributed by atoms with Gasteiger partial charge in [-0.3, -0.25) is 9.48 Å². The second-order valence-corrected chi connectivity index (χ2v) is 6.76. The van der Waals surface area contributed by atoms with Crippen molar-refractivity contribution in [2.75, 3.05) is 13.1 Å². The Kier molecular flexibility index (Phi) is 4.64. The van der Waals surface area contributed by atoms with E-state index in [1.807, 2.05) is 28.8 Å². The smallest absolute Gasteiger partial charge is 0.219 e. The topological polar surface area (TPSA) is 63.9 Å². The summed E-state index contributed by atoms with van der Waals surface area (Å²) in [6.07, 6.45) is 3.73. The van der Waals surface area contributed by atoms with Crippen molar-refractivity contribution in [2.45, 2.75) is 52.5 Å². The lowest BCUT2D eigenvalue weighted by molar-refractivity contribution is -0.129. The van der Waals surface area contributed by atoms with Crippen molar-refractivity contribution in [1.29, 1.82) is 0 Å². The van der Waals surface area contributed by atoms with Crippen molar-refractivity contribution in [1.82, 2.24) is 24.6 Å². The first kappa shape index (κ1) is 16.6. The molecular weight excluding hydrogens is 302 g/mol. The zero-order valence-electron chi connectivity index (χ0n) is 14.9. The first-order valence-electron chi connectivity index (χ1n) is 8.60. The van der Waals surface area contributed by atoms with Gasteiger partial charge in [-0.1, -0.05) is 0 Å². The number of nitrogens with zero attached hydrogens (tertiary/aromatic N) is 5. The van der Waals surface area contributed by atoms with Crippen LogP contribution in [0.1, 0.15) is 57.1 Å². The molecule has 2 aromatic heterocycles. The summed E-state index contributed by atoms with van der Waals surface area (Å²) in [6.45, 7) is 9.42. The van der Waals surface area contributed by atoms with Gasteiger partial charge in [0.2, 0.25) is 5.91 Å². The van der Waals surface area contributed by atoms with E-state index in [9.17, 15) is 4.79 Å². The van der Waals surface area contributed by atoms with Gasteiger partial charge in [0.05, 0.1) is 11.4 Å². The number of hydrogen-bond donors (Lipinski definition) is 0. The first-order chi connectivity index (χ1) is 11.5. The van der Waals surface area contributed by atoms with Gasteiger partial charge in [-0.15, -0.1) is 0 Å². The van der Waals surface area contributed by atoms with Gasteiger partial charge in [-0.25, -0.2) is 9.97 Å². The van der Waals surface area contributed by atoms with E-state index in [-0.39, 0.29) is 11.9 Å². The highest BCUT2D eigenvalue weighted by molar-refractivity contribution is 5.73. The third-order valence-corrected chi connectivity index (χ3v) is 4.64. The van der Waals surface area contributed by atoms with Crippen molar-refractivity contribution in [2.24, 2.45) is 0 Å². The summed E-state index contributed by atoms with van der Waals surface area (Å²) >= 11 is 0. The van der Waals surface area contributed by atoms with E-state index >= 15 is 0 Å². The predicted octanol–water partition coefficient (Wildman–Crippen LogP) is 2.96. The summed E-state index contributed by atoms with van der Waals surface area (Å²) in [5.74, 6) is 1.33. The number of piperidine rings is 1. The molecule has 3 rings (SSSR count). The number of rotatable bonds is 3. The number of amides is 1. The fraction of sp³-hybridized carbons (Fsp3) is 0.556. The van der Waals surface area contributed by atoms with Crippen LogP contribution in [-0.2, 0) is 4.79 Å². The molecule has 128 valence electrons. The summed E-state index contributed by atoms with van der Waals surface area (Å²) in [5, 5.41) is 4.41. The average Bonchev–Trinajstić information content (AvgIpc) is 3.04. The monoisotopic (exact) mass is 327 g/mol. The summed E-state index contributed by atoms with van der Waals surface area (Å²) in [6, 6.07) is 4.38. The lowest BCUT2D eigenvalue weighted by atomic mass is 9.92. The third-order valence-electron chi connectivity index (χ3n) is 4.64. The molecule has 0 spiro atoms. The van der Waals surface area contributed by atoms with Gasteiger partial charge >= 0.3 is 0 Å². The van der Waals surface area contributed by atoms with Crippen LogP contribution in [0, 0.1) is 6.92 Å². The van der Waals surface area contributed by atoms with Gasteiger partial charge in [-0.2, -0.15) is 5.10 Å². The lowest BCUT2D eigenvalue weighted by Gasteiger charge is -2.31. The molecule has 0 saturated carbocycles. The van der Waals surface area contributed by atoms with Crippen LogP contribution < -0.4 is 0 Å². The Bertz CT molecular complexity index is 729. The molecule has 24 heavy (non-hydrogen) atoms. The number of likely N-dealkylation sites (tertiary alicyclic amines) is 1. The Morgan fingerprint density at radius 3 is 2.58 bits per heavy atom. The predicted molar refractivity (Wildman–Crippen MR) is 92.6 cm³/mol. The quantitative estimate of drug-likeness (QED) is 0.869. The highest BCUT2D eigenvalue weighted by Gasteiger charge is 2.24. The maximum atomic E-state index is 11.5. The fourth-order valence-electron chi connectivity index (χ4n) is 3.35. The molecule has 0 radical (unpaired) electrons. The van der Waals surface area contributed by atoms with Crippen molar-refractivity contribution in [3.05, 3.63) is 29.8 Å². The molecule has 1 amide bonds. The Hall–Kier alpha value is -2.24. The van der Waals surface area contributed by atoms with Gasteiger partial charge in [-0.05, 0) is 45.7 Å². The fourth-order valence-corrected chi connectivity index (χ4v) is 3.35. The van der Waals surface area contributed by atoms with Crippen LogP contribution in [0.3, 0.4) is 0 Å². The number of hydrogen-bond acceptors (Lipinski definition) is 4. The molecular formula is C18H25N5O. The molecule has 0 atom stereocenters. The molecule has 3 heterocycles. The van der Waals surface area contributed by atoms with Crippen LogP contribution in [0.15, 0.2) is 18.3 Å². The standard InChI is InChI=1S/C18H25N5O/c1-12(2)23-18(5-8-19-23)17-11-16(20-13(3)21-17)15-6-9-22(10-7-15)14(4)24/h5,8,11-12,15H,6-7,9-10H2,1-4H3. The van der Waals surface area contributed by atoms with Crippen LogP contribution >= 0.6 is 0 Å². The van der Waals surface area contributed by atoms with Crippen LogP contribution in [0.25, 0.3) is 11.4 Å². The molecule has 0 unspecified atom stereocenters. The third kappa shape index (κ3) is 3.32. The van der Waals surface area contributed by atoms with E-state index < -0.39 is 0 Å². The largest absolute Gasteiger partial charge is 0.343 e. The van der Waals surface area contributed by atoms with E-state index in [2.05, 4.69) is 35.0 Å². The molecule has 1 aliphatic rings. The minimum absolute atomic E-state index is 0.161. The minimum Gasteiger partial charge on any atom is -0.343 e. The second-order valence-electron chi connectivity index (χ2n) is 6.76. The average molecular weight is 327 g/mol. The molecule has 6 nitrogen and oxygen atoms in total. The summed E-state index contributed by atoms with van der Waals surface area (Å²) in [4.78, 5) is 22.7. The lowest BCUT2D eigenvalue weighted by Crippen LogP contribution is -2.36. The van der Waals surface area contributed by atoms with Crippen molar-refractivity contribution < 1.29 is 4.79 Å². The maximum absolute atomic E-state index is 11.5. The molecule has 2 aromatic rings. The van der Waals surface area contributed by atoms with Crippen LogP contribution in [0.4, 0.5) is 0 Å². The van der Waals surface area contributed by atoms with Crippen LogP contribution in [-0.4, -0.2) is 43.6 Å². The van der Waals surface area contributed by atoms with Gasteiger partial charge in [0, 0.05) is 43.9 Å². The van der Waals surface area contributed by atoms with Crippen molar-refractivity contribution in [3.63, 3.8) is 0 Å². The van der Waals surface area contributed by atoms with E-state index in [4.69, 9.17) is 0 Å². The Balaban J connectivity index is 1.87. The van der Waals surface area contributed by atoms with E-state index in [1.165, 1.54) is 0 Å². The molecule has 0 N–H and O–H groups in total. The Labute approximate surface area is 142 Å². The molecule has 0 bridgehead atoms. The van der Waals surface area contributed by atoms with E-state index in [0.717, 1.165) is 48.8 Å². The maximum Gasteiger partial charge on any atom is 0.219 e. The summed E-state index contributed by atoms with van der Waals surface area (Å²) < 4.78 is 1.99. The van der Waals surface area contributed by atoms with Gasteiger partial charge in [0.1, 0.15) is 5.82 Å². The van der Waals surface area contributed by atoms with Crippen molar-refractivity contribution in [3.8, 4) is 11.4 Å². The number of aryl methyl sites for hydroxylation is 1. The van der Waals surface area contributed by atoms with E-state index in [1.54, 1.807) is 6.92 Å².